The summed E-state index contributed by atoms with van der Waals surface area (Å²) in [6, 6.07) is 0. The van der Waals surface area contributed by atoms with Crippen molar-refractivity contribution < 1.29 is 20.4 Å². The van der Waals surface area contributed by atoms with E-state index in [0.717, 1.165) is 6.54 Å². The average molecular weight is 148 g/mol. The molecule has 2 N–H and O–H groups in total. The van der Waals surface area contributed by atoms with E-state index in [9.17, 15) is 0 Å². The molecule has 0 bridgehead atoms. The van der Waals surface area contributed by atoms with E-state index in [1.54, 1.807) is 0 Å². The summed E-state index contributed by atoms with van der Waals surface area (Å²) in [5, 5.41) is 0. The molecule has 0 fully saturated rings. The molecule has 0 aliphatic carbocycles. The predicted octanol–water partition coefficient (Wildman–Crippen LogP) is 1.47. The van der Waals surface area contributed by atoms with Crippen LogP contribution in [0.25, 0.3) is 0 Å². The van der Waals surface area contributed by atoms with Gasteiger partial charge in [0.15, 0.2) is 0 Å². The first-order valence-electron chi connectivity index (χ1n) is 3.26. The number of nitrogens with two attached hydrogens (primary N) is 1. The molecule has 0 atom stereocenters. The van der Waals surface area contributed by atoms with Crippen molar-refractivity contribution in [3.05, 3.63) is 0 Å². The summed E-state index contributed by atoms with van der Waals surface area (Å²) < 4.78 is 1.32. The van der Waals surface area contributed by atoms with Gasteiger partial charge in [0.05, 0.1) is 0 Å². The molecule has 0 saturated carbocycles. The molecule has 0 heterocycles. The van der Waals surface area contributed by atoms with Gasteiger partial charge >= 0.3 is 63.1 Å². The first kappa shape index (κ1) is 8.67. The fourth-order valence-electron chi connectivity index (χ4n) is 0.623. The Kier molecular flexibility index (Phi) is 8.32. The van der Waals surface area contributed by atoms with Gasteiger partial charge in [-0.05, 0) is 0 Å². The minimum atomic E-state index is 0.865. The zero-order chi connectivity index (χ0) is 6.24. The van der Waals surface area contributed by atoms with Crippen molar-refractivity contribution >= 4 is 0 Å². The third kappa shape index (κ3) is 6.67. The van der Waals surface area contributed by atoms with Crippen LogP contribution in [0.1, 0.15) is 25.7 Å². The van der Waals surface area contributed by atoms with Crippen LogP contribution >= 0.6 is 0 Å². The molecule has 1 nitrogen and oxygen atoms in total. The molecule has 0 aromatic heterocycles. The third-order valence-corrected chi connectivity index (χ3v) is 1.68. The number of hydrogen-bond acceptors (Lipinski definition) is 1. The van der Waals surface area contributed by atoms with Crippen molar-refractivity contribution in [2.24, 2.45) is 5.73 Å². The molecule has 0 rings (SSSR count). The first-order chi connectivity index (χ1) is 3.91. The summed E-state index contributed by atoms with van der Waals surface area (Å²) in [6.45, 7) is 0.865. The summed E-state index contributed by atoms with van der Waals surface area (Å²) >= 11 is 2.22. The number of rotatable bonds is 5. The molecular formula is C6H14NTi. The van der Waals surface area contributed by atoms with Gasteiger partial charge in [-0.2, -0.15) is 0 Å². The third-order valence-electron chi connectivity index (χ3n) is 1.13. The number of unbranched alkanes of at least 4 members (excludes halogenated alkanes) is 3. The Morgan fingerprint density at radius 2 is 1.62 bits per heavy atom. The van der Waals surface area contributed by atoms with E-state index in [1.807, 2.05) is 0 Å². The zero-order valence-corrected chi connectivity index (χ0v) is 6.88. The van der Waals surface area contributed by atoms with Crippen molar-refractivity contribution in [2.75, 3.05) is 6.54 Å². The summed E-state index contributed by atoms with van der Waals surface area (Å²) in [7, 11) is 0. The van der Waals surface area contributed by atoms with E-state index in [-0.39, 0.29) is 0 Å². The van der Waals surface area contributed by atoms with Gasteiger partial charge in [0, 0.05) is 0 Å². The fourth-order valence-corrected chi connectivity index (χ4v) is 1.01. The summed E-state index contributed by atoms with van der Waals surface area (Å²) in [5.74, 6) is 0. The molecular weight excluding hydrogens is 134 g/mol. The van der Waals surface area contributed by atoms with Gasteiger partial charge in [0.2, 0.25) is 0 Å². The van der Waals surface area contributed by atoms with Gasteiger partial charge in [-0.25, -0.2) is 0 Å². The molecule has 0 aliphatic heterocycles. The predicted molar refractivity (Wildman–Crippen MR) is 32.3 cm³/mol. The van der Waals surface area contributed by atoms with Crippen molar-refractivity contribution in [1.82, 2.24) is 0 Å². The van der Waals surface area contributed by atoms with Crippen molar-refractivity contribution in [1.29, 1.82) is 0 Å². The van der Waals surface area contributed by atoms with Crippen LogP contribution in [0.15, 0.2) is 0 Å². The van der Waals surface area contributed by atoms with Crippen LogP contribution in [-0.4, -0.2) is 6.54 Å². The van der Waals surface area contributed by atoms with Crippen LogP contribution in [0.4, 0.5) is 0 Å². The molecule has 0 amide bonds. The van der Waals surface area contributed by atoms with E-state index < -0.39 is 0 Å². The van der Waals surface area contributed by atoms with E-state index in [0.29, 0.717) is 0 Å². The van der Waals surface area contributed by atoms with Gasteiger partial charge in [-0.1, -0.05) is 0 Å². The van der Waals surface area contributed by atoms with Crippen LogP contribution in [0.2, 0.25) is 4.73 Å². The van der Waals surface area contributed by atoms with Crippen LogP contribution in [0, 0.1) is 0 Å². The average Bonchev–Trinajstić information content (AvgIpc) is 1.81. The maximum absolute atomic E-state index is 5.31. The Hall–Kier alpha value is 0.674. The fraction of sp³-hybridized carbons (Fsp3) is 1.00. The van der Waals surface area contributed by atoms with Gasteiger partial charge in [-0.3, -0.25) is 0 Å². The van der Waals surface area contributed by atoms with Crippen LogP contribution < -0.4 is 5.73 Å². The SMILES string of the molecule is NCCCCC[CH2][Ti]. The monoisotopic (exact) mass is 148 g/mol. The molecule has 0 aromatic rings. The van der Waals surface area contributed by atoms with E-state index in [4.69, 9.17) is 5.73 Å². The topological polar surface area (TPSA) is 26.0 Å². The first-order valence-corrected chi connectivity index (χ1v) is 4.37. The van der Waals surface area contributed by atoms with Gasteiger partial charge in [-0.15, -0.1) is 0 Å². The molecule has 8 heavy (non-hydrogen) atoms. The zero-order valence-electron chi connectivity index (χ0n) is 5.32. The van der Waals surface area contributed by atoms with E-state index in [2.05, 4.69) is 20.4 Å². The molecule has 0 aromatic carbocycles. The second-order valence-electron chi connectivity index (χ2n) is 1.95. The standard InChI is InChI=1S/C6H14N.Ti/c1-2-3-4-5-6-7;/h1-7H2;. The second-order valence-corrected chi connectivity index (χ2v) is 2.73. The molecule has 2 heteroatoms. The van der Waals surface area contributed by atoms with Crippen LogP contribution in [0.3, 0.4) is 0 Å². The van der Waals surface area contributed by atoms with Gasteiger partial charge in [0.1, 0.15) is 0 Å². The van der Waals surface area contributed by atoms with E-state index in [1.165, 1.54) is 30.4 Å². The normalized spacial score (nSPS) is 9.50. The minimum absolute atomic E-state index is 0.865. The Morgan fingerprint density at radius 1 is 1.00 bits per heavy atom. The van der Waals surface area contributed by atoms with Crippen LogP contribution in [-0.2, 0) is 20.4 Å². The molecule has 47 valence electrons. The van der Waals surface area contributed by atoms with Crippen LogP contribution in [0.5, 0.6) is 0 Å². The van der Waals surface area contributed by atoms with Crippen molar-refractivity contribution in [3.63, 3.8) is 0 Å². The Bertz CT molecular complexity index is 33.5. The Labute approximate surface area is 63.4 Å². The summed E-state index contributed by atoms with van der Waals surface area (Å²) in [4.78, 5) is 0. The van der Waals surface area contributed by atoms with Crippen molar-refractivity contribution in [3.8, 4) is 0 Å². The molecule has 0 spiro atoms. The molecule has 0 saturated heterocycles. The Balaban J connectivity index is 2.53. The summed E-state index contributed by atoms with van der Waals surface area (Å²) in [6.07, 6.45) is 5.28. The van der Waals surface area contributed by atoms with Gasteiger partial charge < -0.3 is 0 Å². The summed E-state index contributed by atoms with van der Waals surface area (Å²) in [5.41, 5.74) is 5.31. The van der Waals surface area contributed by atoms with Crippen molar-refractivity contribution in [2.45, 2.75) is 30.4 Å². The molecule has 0 unspecified atom stereocenters. The molecule has 0 radical (unpaired) electrons. The molecule has 0 aliphatic rings. The second kappa shape index (κ2) is 7.67. The van der Waals surface area contributed by atoms with E-state index >= 15 is 0 Å². The maximum atomic E-state index is 5.31. The number of hydrogen-bond donors (Lipinski definition) is 1. The Morgan fingerprint density at radius 3 is 2.12 bits per heavy atom. The van der Waals surface area contributed by atoms with Gasteiger partial charge in [0.25, 0.3) is 0 Å². The quantitative estimate of drug-likeness (QED) is 0.463.